The Morgan fingerprint density at radius 1 is 1.12 bits per heavy atom. The average molecular weight is 249 g/mol. The zero-order valence-corrected chi connectivity index (χ0v) is 10.4. The van der Waals surface area contributed by atoms with Crippen LogP contribution in [0.5, 0.6) is 0 Å². The van der Waals surface area contributed by atoms with Gasteiger partial charge in [-0.1, -0.05) is 30.3 Å². The molecule has 0 fully saturated rings. The quantitative estimate of drug-likeness (QED) is 0.904. The minimum atomic E-state index is -3.31. The topological polar surface area (TPSA) is 60.2 Å². The second kappa shape index (κ2) is 4.47. The van der Waals surface area contributed by atoms with E-state index in [9.17, 15) is 8.42 Å². The highest BCUT2D eigenvalue weighted by molar-refractivity contribution is 7.92. The second-order valence-corrected chi connectivity index (χ2v) is 6.47. The molecule has 3 nitrogen and oxygen atoms in total. The third-order valence-electron chi connectivity index (χ3n) is 2.91. The second-order valence-electron chi connectivity index (χ2n) is 4.10. The van der Waals surface area contributed by atoms with Crippen molar-refractivity contribution in [2.75, 3.05) is 6.54 Å². The molecule has 2 N–H and O–H groups in total. The van der Waals surface area contributed by atoms with Crippen LogP contribution in [-0.2, 0) is 9.84 Å². The molecule has 0 aliphatic heterocycles. The molecule has 90 valence electrons. The molecular weight excluding hydrogens is 234 g/mol. The van der Waals surface area contributed by atoms with Crippen LogP contribution in [0.25, 0.3) is 10.8 Å². The first-order chi connectivity index (χ1) is 8.05. The van der Waals surface area contributed by atoms with Crippen LogP contribution in [-0.4, -0.2) is 20.2 Å². The van der Waals surface area contributed by atoms with Crippen molar-refractivity contribution in [2.45, 2.75) is 17.1 Å². The van der Waals surface area contributed by atoms with Crippen LogP contribution < -0.4 is 5.73 Å². The van der Waals surface area contributed by atoms with Crippen molar-refractivity contribution in [2.24, 2.45) is 5.73 Å². The summed E-state index contributed by atoms with van der Waals surface area (Å²) in [6.45, 7) is 1.76. The molecule has 0 aliphatic rings. The Bertz CT molecular complexity index is 635. The van der Waals surface area contributed by atoms with Crippen molar-refractivity contribution in [3.63, 3.8) is 0 Å². The molecule has 0 aliphatic carbocycles. The van der Waals surface area contributed by atoms with Gasteiger partial charge in [0.25, 0.3) is 0 Å². The van der Waals surface area contributed by atoms with E-state index in [0.717, 1.165) is 10.8 Å². The lowest BCUT2D eigenvalue weighted by Gasteiger charge is -2.11. The third kappa shape index (κ3) is 2.18. The summed E-state index contributed by atoms with van der Waals surface area (Å²) in [6, 6.07) is 12.9. The minimum Gasteiger partial charge on any atom is -0.329 e. The van der Waals surface area contributed by atoms with Crippen molar-refractivity contribution >= 4 is 20.6 Å². The van der Waals surface area contributed by atoms with Crippen molar-refractivity contribution in [3.05, 3.63) is 42.5 Å². The zero-order valence-electron chi connectivity index (χ0n) is 9.63. The van der Waals surface area contributed by atoms with E-state index in [1.165, 1.54) is 0 Å². The fraction of sp³-hybridized carbons (Fsp3) is 0.231. The smallest absolute Gasteiger partial charge is 0.182 e. The first-order valence-corrected chi connectivity index (χ1v) is 7.03. The van der Waals surface area contributed by atoms with Crippen molar-refractivity contribution in [1.29, 1.82) is 0 Å². The van der Waals surface area contributed by atoms with Crippen LogP contribution >= 0.6 is 0 Å². The maximum Gasteiger partial charge on any atom is 0.182 e. The fourth-order valence-corrected chi connectivity index (χ4v) is 2.97. The van der Waals surface area contributed by atoms with Gasteiger partial charge in [0.2, 0.25) is 0 Å². The van der Waals surface area contributed by atoms with Crippen LogP contribution in [0.2, 0.25) is 0 Å². The van der Waals surface area contributed by atoms with Crippen LogP contribution in [0.4, 0.5) is 0 Å². The van der Waals surface area contributed by atoms with Gasteiger partial charge >= 0.3 is 0 Å². The van der Waals surface area contributed by atoms with Crippen LogP contribution in [0.1, 0.15) is 6.92 Å². The van der Waals surface area contributed by atoms with E-state index in [-0.39, 0.29) is 6.54 Å². The summed E-state index contributed by atoms with van der Waals surface area (Å²) in [5.41, 5.74) is 5.43. The maximum absolute atomic E-state index is 12.1. The summed E-state index contributed by atoms with van der Waals surface area (Å²) in [6.07, 6.45) is 0. The molecule has 1 unspecified atom stereocenters. The standard InChI is InChI=1S/C13H15NO2S/c1-10(9-14)17(15,16)13-7-6-11-4-2-3-5-12(11)8-13/h2-8,10H,9,14H2,1H3. The highest BCUT2D eigenvalue weighted by Crippen LogP contribution is 2.21. The largest absolute Gasteiger partial charge is 0.329 e. The Kier molecular flexibility index (Phi) is 3.17. The Labute approximate surface area is 101 Å². The summed E-state index contributed by atoms with van der Waals surface area (Å²) in [4.78, 5) is 0.342. The summed E-state index contributed by atoms with van der Waals surface area (Å²) in [5.74, 6) is 0. The summed E-state index contributed by atoms with van der Waals surface area (Å²) in [7, 11) is -3.31. The van der Waals surface area contributed by atoms with E-state index in [0.29, 0.717) is 4.90 Å². The number of hydrogen-bond acceptors (Lipinski definition) is 3. The molecule has 2 rings (SSSR count). The molecule has 0 heterocycles. The number of rotatable bonds is 3. The van der Waals surface area contributed by atoms with Gasteiger partial charge in [-0.25, -0.2) is 8.42 Å². The van der Waals surface area contributed by atoms with Gasteiger partial charge < -0.3 is 5.73 Å². The number of sulfone groups is 1. The van der Waals surface area contributed by atoms with Crippen LogP contribution in [0.15, 0.2) is 47.4 Å². The average Bonchev–Trinajstić information content (AvgIpc) is 2.37. The van der Waals surface area contributed by atoms with Gasteiger partial charge in [0.05, 0.1) is 10.1 Å². The predicted octanol–water partition coefficient (Wildman–Crippen LogP) is 1.96. The minimum absolute atomic E-state index is 0.134. The van der Waals surface area contributed by atoms with Gasteiger partial charge in [0.15, 0.2) is 9.84 Å². The first kappa shape index (κ1) is 12.1. The molecule has 0 saturated carbocycles. The molecule has 0 spiro atoms. The lowest BCUT2D eigenvalue weighted by molar-refractivity contribution is 0.584. The summed E-state index contributed by atoms with van der Waals surface area (Å²) < 4.78 is 24.3. The predicted molar refractivity (Wildman–Crippen MR) is 69.7 cm³/mol. The zero-order chi connectivity index (χ0) is 12.5. The van der Waals surface area contributed by atoms with Gasteiger partial charge in [0.1, 0.15) is 0 Å². The molecule has 1 atom stereocenters. The number of benzene rings is 2. The summed E-state index contributed by atoms with van der Waals surface area (Å²) >= 11 is 0. The normalized spacial score (nSPS) is 13.8. The molecule has 4 heteroatoms. The van der Waals surface area contributed by atoms with Crippen LogP contribution in [0, 0.1) is 0 Å². The van der Waals surface area contributed by atoms with Gasteiger partial charge in [0, 0.05) is 6.54 Å². The number of hydrogen-bond donors (Lipinski definition) is 1. The molecule has 17 heavy (non-hydrogen) atoms. The highest BCUT2D eigenvalue weighted by atomic mass is 32.2. The number of fused-ring (bicyclic) bond motifs is 1. The number of nitrogens with two attached hydrogens (primary N) is 1. The Hall–Kier alpha value is -1.39. The lowest BCUT2D eigenvalue weighted by atomic mass is 10.1. The van der Waals surface area contributed by atoms with Crippen molar-refractivity contribution in [3.8, 4) is 0 Å². The molecule has 0 bridgehead atoms. The molecule has 0 amide bonds. The van der Waals surface area contributed by atoms with E-state index < -0.39 is 15.1 Å². The third-order valence-corrected chi connectivity index (χ3v) is 5.07. The van der Waals surface area contributed by atoms with Crippen LogP contribution in [0.3, 0.4) is 0 Å². The van der Waals surface area contributed by atoms with Gasteiger partial charge in [-0.3, -0.25) is 0 Å². The molecule has 2 aromatic carbocycles. The molecular formula is C13H15NO2S. The fourth-order valence-electron chi connectivity index (χ4n) is 1.70. The molecule has 2 aromatic rings. The monoisotopic (exact) mass is 249 g/mol. The molecule has 0 saturated heterocycles. The van der Waals surface area contributed by atoms with Crippen molar-refractivity contribution in [1.82, 2.24) is 0 Å². The lowest BCUT2D eigenvalue weighted by Crippen LogP contribution is -2.26. The van der Waals surface area contributed by atoms with E-state index >= 15 is 0 Å². The van der Waals surface area contributed by atoms with E-state index in [4.69, 9.17) is 5.73 Å². The first-order valence-electron chi connectivity index (χ1n) is 5.48. The Morgan fingerprint density at radius 3 is 2.41 bits per heavy atom. The maximum atomic E-state index is 12.1. The summed E-state index contributed by atoms with van der Waals surface area (Å²) in [5, 5.41) is 1.41. The molecule has 0 radical (unpaired) electrons. The SMILES string of the molecule is CC(CN)S(=O)(=O)c1ccc2ccccc2c1. The van der Waals surface area contributed by atoms with E-state index in [1.807, 2.05) is 30.3 Å². The van der Waals surface area contributed by atoms with Gasteiger partial charge in [-0.15, -0.1) is 0 Å². The Balaban J connectivity index is 2.57. The van der Waals surface area contributed by atoms with Gasteiger partial charge in [-0.2, -0.15) is 0 Å². The Morgan fingerprint density at radius 2 is 1.76 bits per heavy atom. The van der Waals surface area contributed by atoms with E-state index in [1.54, 1.807) is 19.1 Å². The highest BCUT2D eigenvalue weighted by Gasteiger charge is 2.21. The van der Waals surface area contributed by atoms with E-state index in [2.05, 4.69) is 0 Å². The van der Waals surface area contributed by atoms with Crippen molar-refractivity contribution < 1.29 is 8.42 Å². The van der Waals surface area contributed by atoms with Gasteiger partial charge in [-0.05, 0) is 29.8 Å². The molecule has 0 aromatic heterocycles.